The Morgan fingerprint density at radius 2 is 2.00 bits per heavy atom. The molecule has 1 unspecified atom stereocenters. The number of carbonyl (C=O) groups excluding carboxylic acids is 1. The van der Waals surface area contributed by atoms with Gasteiger partial charge in [-0.25, -0.2) is 0 Å². The molecule has 4 heteroatoms. The molecule has 0 aliphatic heterocycles. The first kappa shape index (κ1) is 15.3. The zero-order valence-electron chi connectivity index (χ0n) is 12.5. The molecule has 2 rings (SSSR count). The van der Waals surface area contributed by atoms with Crippen LogP contribution in [0, 0.1) is 0 Å². The number of amides is 1. The Kier molecular flexibility index (Phi) is 5.17. The highest BCUT2D eigenvalue weighted by Gasteiger charge is 2.11. The molecular weight excluding hydrogens is 264 g/mol. The van der Waals surface area contributed by atoms with Crippen molar-refractivity contribution in [3.05, 3.63) is 59.4 Å². The van der Waals surface area contributed by atoms with Crippen LogP contribution >= 0.6 is 0 Å². The zero-order valence-corrected chi connectivity index (χ0v) is 12.5. The van der Waals surface area contributed by atoms with Crippen molar-refractivity contribution >= 4 is 5.91 Å². The Morgan fingerprint density at radius 3 is 2.57 bits per heavy atom. The predicted octanol–water partition coefficient (Wildman–Crippen LogP) is 2.44. The molecule has 21 heavy (non-hydrogen) atoms. The van der Waals surface area contributed by atoms with Gasteiger partial charge in [-0.2, -0.15) is 0 Å². The standard InChI is InChI=1S/C17H22N2O2/c1-3-13-6-8-14(9-7-13)17(21)18-11-10-16(20)15-5-4-12-19(15)2/h4-9,12,16,20H,3,10-11H2,1-2H3,(H,18,21). The molecule has 0 radical (unpaired) electrons. The van der Waals surface area contributed by atoms with E-state index in [2.05, 4.69) is 12.2 Å². The van der Waals surface area contributed by atoms with Crippen LogP contribution in [0.5, 0.6) is 0 Å². The molecule has 1 atom stereocenters. The molecule has 2 aromatic rings. The minimum absolute atomic E-state index is 0.100. The Morgan fingerprint density at radius 1 is 1.29 bits per heavy atom. The van der Waals surface area contributed by atoms with E-state index in [0.717, 1.165) is 12.1 Å². The van der Waals surface area contributed by atoms with Gasteiger partial charge in [0.2, 0.25) is 0 Å². The van der Waals surface area contributed by atoms with Crippen molar-refractivity contribution in [2.45, 2.75) is 25.9 Å². The summed E-state index contributed by atoms with van der Waals surface area (Å²) in [6.45, 7) is 2.53. The average Bonchev–Trinajstić information content (AvgIpc) is 2.93. The van der Waals surface area contributed by atoms with Crippen molar-refractivity contribution in [1.82, 2.24) is 9.88 Å². The largest absolute Gasteiger partial charge is 0.387 e. The summed E-state index contributed by atoms with van der Waals surface area (Å²) in [7, 11) is 1.90. The number of nitrogens with one attached hydrogen (secondary N) is 1. The molecule has 4 nitrogen and oxygen atoms in total. The maximum atomic E-state index is 12.0. The van der Waals surface area contributed by atoms with E-state index < -0.39 is 6.10 Å². The summed E-state index contributed by atoms with van der Waals surface area (Å²) >= 11 is 0. The van der Waals surface area contributed by atoms with E-state index in [9.17, 15) is 9.90 Å². The second-order valence-electron chi connectivity index (χ2n) is 5.15. The number of benzene rings is 1. The summed E-state index contributed by atoms with van der Waals surface area (Å²) in [5.74, 6) is -0.100. The third-order valence-corrected chi connectivity index (χ3v) is 3.65. The summed E-state index contributed by atoms with van der Waals surface area (Å²) in [4.78, 5) is 12.0. The average molecular weight is 286 g/mol. The van der Waals surface area contributed by atoms with E-state index in [1.54, 1.807) is 0 Å². The summed E-state index contributed by atoms with van der Waals surface area (Å²) in [6, 6.07) is 11.4. The number of rotatable bonds is 6. The first-order valence-corrected chi connectivity index (χ1v) is 7.28. The number of nitrogens with zero attached hydrogens (tertiary/aromatic N) is 1. The second-order valence-corrected chi connectivity index (χ2v) is 5.15. The maximum Gasteiger partial charge on any atom is 0.251 e. The van der Waals surface area contributed by atoms with Crippen LogP contribution in [0.15, 0.2) is 42.6 Å². The SMILES string of the molecule is CCc1ccc(C(=O)NCCC(O)c2cccn2C)cc1. The molecule has 0 saturated carbocycles. The number of carbonyl (C=O) groups is 1. The van der Waals surface area contributed by atoms with Gasteiger partial charge >= 0.3 is 0 Å². The molecule has 0 aliphatic carbocycles. The van der Waals surface area contributed by atoms with Crippen molar-refractivity contribution < 1.29 is 9.90 Å². The van der Waals surface area contributed by atoms with Gasteiger partial charge in [0.15, 0.2) is 0 Å². The predicted molar refractivity (Wildman–Crippen MR) is 83.1 cm³/mol. The van der Waals surface area contributed by atoms with Crippen LogP contribution in [0.2, 0.25) is 0 Å². The third-order valence-electron chi connectivity index (χ3n) is 3.65. The van der Waals surface area contributed by atoms with Crippen LogP contribution in [0.4, 0.5) is 0 Å². The fourth-order valence-electron chi connectivity index (χ4n) is 2.28. The molecule has 1 aromatic carbocycles. The molecular formula is C17H22N2O2. The molecule has 0 saturated heterocycles. The molecule has 1 amide bonds. The zero-order chi connectivity index (χ0) is 15.2. The molecule has 0 bridgehead atoms. The second kappa shape index (κ2) is 7.09. The van der Waals surface area contributed by atoms with Gasteiger partial charge in [-0.05, 0) is 42.7 Å². The Labute approximate surface area is 125 Å². The quantitative estimate of drug-likeness (QED) is 0.857. The van der Waals surface area contributed by atoms with Crippen LogP contribution in [-0.4, -0.2) is 22.1 Å². The molecule has 0 aliphatic rings. The number of aryl methyl sites for hydroxylation is 2. The van der Waals surface area contributed by atoms with Crippen molar-refractivity contribution in [2.24, 2.45) is 7.05 Å². The lowest BCUT2D eigenvalue weighted by atomic mass is 10.1. The molecule has 2 N–H and O–H groups in total. The Bertz CT molecular complexity index is 587. The van der Waals surface area contributed by atoms with Gasteiger partial charge in [-0.3, -0.25) is 4.79 Å². The summed E-state index contributed by atoms with van der Waals surface area (Å²) in [6.07, 6.45) is 2.79. The monoisotopic (exact) mass is 286 g/mol. The van der Waals surface area contributed by atoms with E-state index >= 15 is 0 Å². The summed E-state index contributed by atoms with van der Waals surface area (Å²) in [5.41, 5.74) is 2.72. The highest BCUT2D eigenvalue weighted by Crippen LogP contribution is 2.15. The first-order chi connectivity index (χ1) is 10.1. The van der Waals surface area contributed by atoms with Gasteiger partial charge in [0, 0.05) is 31.0 Å². The fraction of sp³-hybridized carbons (Fsp3) is 0.353. The van der Waals surface area contributed by atoms with Crippen molar-refractivity contribution in [3.8, 4) is 0 Å². The topological polar surface area (TPSA) is 54.3 Å². The van der Waals surface area contributed by atoms with E-state index in [4.69, 9.17) is 0 Å². The first-order valence-electron chi connectivity index (χ1n) is 7.28. The lowest BCUT2D eigenvalue weighted by molar-refractivity contribution is 0.0941. The van der Waals surface area contributed by atoms with Gasteiger partial charge in [0.1, 0.15) is 0 Å². The van der Waals surface area contributed by atoms with Crippen LogP contribution in [0.25, 0.3) is 0 Å². The van der Waals surface area contributed by atoms with Gasteiger partial charge in [-0.15, -0.1) is 0 Å². The van der Waals surface area contributed by atoms with Gasteiger partial charge in [0.05, 0.1) is 6.10 Å². The number of aliphatic hydroxyl groups excluding tert-OH is 1. The maximum absolute atomic E-state index is 12.0. The summed E-state index contributed by atoms with van der Waals surface area (Å²) in [5, 5.41) is 12.9. The van der Waals surface area contributed by atoms with E-state index in [1.807, 2.05) is 54.2 Å². The number of aromatic nitrogens is 1. The van der Waals surface area contributed by atoms with E-state index in [1.165, 1.54) is 5.56 Å². The summed E-state index contributed by atoms with van der Waals surface area (Å²) < 4.78 is 1.88. The minimum atomic E-state index is -0.562. The molecule has 1 heterocycles. The lowest BCUT2D eigenvalue weighted by Crippen LogP contribution is -2.25. The van der Waals surface area contributed by atoms with Crippen molar-refractivity contribution in [1.29, 1.82) is 0 Å². The smallest absolute Gasteiger partial charge is 0.251 e. The van der Waals surface area contributed by atoms with Crippen LogP contribution in [0.1, 0.15) is 41.1 Å². The van der Waals surface area contributed by atoms with E-state index in [0.29, 0.717) is 18.5 Å². The number of hydrogen-bond donors (Lipinski definition) is 2. The third kappa shape index (κ3) is 3.95. The van der Waals surface area contributed by atoms with Crippen LogP contribution in [-0.2, 0) is 13.5 Å². The van der Waals surface area contributed by atoms with Crippen molar-refractivity contribution in [2.75, 3.05) is 6.54 Å². The van der Waals surface area contributed by atoms with E-state index in [-0.39, 0.29) is 5.91 Å². The number of aliphatic hydroxyl groups is 1. The minimum Gasteiger partial charge on any atom is -0.387 e. The van der Waals surface area contributed by atoms with Crippen molar-refractivity contribution in [3.63, 3.8) is 0 Å². The molecule has 112 valence electrons. The normalized spacial score (nSPS) is 12.1. The van der Waals surface area contributed by atoms with Crippen LogP contribution in [0.3, 0.4) is 0 Å². The van der Waals surface area contributed by atoms with Gasteiger partial charge in [-0.1, -0.05) is 19.1 Å². The number of hydrogen-bond acceptors (Lipinski definition) is 2. The highest BCUT2D eigenvalue weighted by atomic mass is 16.3. The lowest BCUT2D eigenvalue weighted by Gasteiger charge is -2.12. The molecule has 0 spiro atoms. The Hall–Kier alpha value is -2.07. The van der Waals surface area contributed by atoms with Gasteiger partial charge in [0.25, 0.3) is 5.91 Å². The molecule has 0 fully saturated rings. The van der Waals surface area contributed by atoms with Crippen LogP contribution < -0.4 is 5.32 Å². The molecule has 1 aromatic heterocycles. The highest BCUT2D eigenvalue weighted by molar-refractivity contribution is 5.94. The van der Waals surface area contributed by atoms with Gasteiger partial charge < -0.3 is 15.0 Å². The Balaban J connectivity index is 1.82. The fourth-order valence-corrected chi connectivity index (χ4v) is 2.28.